The van der Waals surface area contributed by atoms with Gasteiger partial charge < -0.3 is 34.1 Å². The SMILES string of the molecule is COCCOC(=O)CCC(=O)NC([CH2][AlH2])COC(=O)C(C)OC(=O)C(C)OC(=O)C(C)O. The molecule has 32 heavy (non-hydrogen) atoms. The summed E-state index contributed by atoms with van der Waals surface area (Å²) in [4.78, 5) is 58.7. The molecule has 0 rings (SSSR count). The highest BCUT2D eigenvalue weighted by Crippen LogP contribution is 2.04. The topological polar surface area (TPSA) is 164 Å². The number of aliphatic hydroxyl groups is 1. The lowest BCUT2D eigenvalue weighted by Crippen LogP contribution is -2.40. The van der Waals surface area contributed by atoms with Gasteiger partial charge in [0, 0.05) is 13.5 Å². The van der Waals surface area contributed by atoms with Crippen molar-refractivity contribution in [2.24, 2.45) is 0 Å². The first-order chi connectivity index (χ1) is 15.0. The molecule has 2 N–H and O–H groups in total. The predicted molar refractivity (Wildman–Crippen MR) is 111 cm³/mol. The van der Waals surface area contributed by atoms with Crippen LogP contribution >= 0.6 is 0 Å². The number of aliphatic hydroxyl groups excluding tert-OH is 1. The van der Waals surface area contributed by atoms with E-state index in [-0.39, 0.29) is 38.6 Å². The van der Waals surface area contributed by atoms with Crippen LogP contribution in [0.2, 0.25) is 5.28 Å². The van der Waals surface area contributed by atoms with Gasteiger partial charge in [-0.25, -0.2) is 14.4 Å². The molecule has 1 amide bonds. The molecule has 0 aromatic heterocycles. The number of ether oxygens (including phenoxy) is 5. The van der Waals surface area contributed by atoms with Gasteiger partial charge in [-0.1, -0.05) is 5.28 Å². The molecule has 0 aliphatic heterocycles. The number of methoxy groups -OCH3 is 1. The standard InChI is InChI=1S/C19H30NO11.Al.2H/c1-11(20-15(22)6-7-16(23)28-9-8-27-5)10-29-18(25)13(3)31-19(26)14(4)30-17(24)12(2)21;;;/h11-14,21H,1,6-10H2,2-5H3,(H,20,22);;;. The number of carbonyl (C=O) groups excluding carboxylic acids is 5. The molecule has 0 aliphatic carbocycles. The fourth-order valence-electron chi connectivity index (χ4n) is 2.03. The normalized spacial score (nSPS) is 14.3. The number of nitrogens with one attached hydrogen (secondary N) is 1. The zero-order valence-electron chi connectivity index (χ0n) is 19.1. The Hall–Kier alpha value is -2.20. The highest BCUT2D eigenvalue weighted by Gasteiger charge is 2.27. The molecular weight excluding hydrogens is 445 g/mol. The molecule has 0 fully saturated rings. The summed E-state index contributed by atoms with van der Waals surface area (Å²) in [5.41, 5.74) is 0. The summed E-state index contributed by atoms with van der Waals surface area (Å²) in [6.07, 6.45) is -4.16. The fourth-order valence-corrected chi connectivity index (χ4v) is 2.47. The quantitative estimate of drug-likeness (QED) is 0.119. The monoisotopic (exact) mass is 477 g/mol. The number of carbonyl (C=O) groups is 5. The fraction of sp³-hybridized carbons (Fsp3) is 0.737. The molecule has 0 aromatic rings. The number of hydrogen-bond donors (Lipinski definition) is 2. The Balaban J connectivity index is 4.35. The first kappa shape index (κ1) is 29.8. The van der Waals surface area contributed by atoms with Crippen molar-refractivity contribution in [3.05, 3.63) is 0 Å². The summed E-state index contributed by atoms with van der Waals surface area (Å²) >= 11 is 0.713. The summed E-state index contributed by atoms with van der Waals surface area (Å²) in [6, 6.07) is -0.448. The number of esters is 4. The maximum Gasteiger partial charge on any atom is 0.347 e. The summed E-state index contributed by atoms with van der Waals surface area (Å²) in [7, 11) is 1.48. The van der Waals surface area contributed by atoms with Crippen LogP contribution in [-0.4, -0.2) is 102 Å². The summed E-state index contributed by atoms with van der Waals surface area (Å²) in [6.45, 7) is 3.95. The van der Waals surface area contributed by atoms with Crippen molar-refractivity contribution in [2.45, 2.75) is 63.2 Å². The second-order valence-corrected chi connectivity index (χ2v) is 7.67. The van der Waals surface area contributed by atoms with E-state index in [1.165, 1.54) is 27.9 Å². The Labute approximate surface area is 194 Å². The summed E-state index contributed by atoms with van der Waals surface area (Å²) in [5.74, 6) is -3.73. The minimum Gasteiger partial charge on any atom is -0.463 e. The van der Waals surface area contributed by atoms with Gasteiger partial charge >= 0.3 is 23.9 Å². The first-order valence-corrected chi connectivity index (χ1v) is 11.6. The Morgan fingerprint density at radius 3 is 2.03 bits per heavy atom. The van der Waals surface area contributed by atoms with Gasteiger partial charge in [0.25, 0.3) is 0 Å². The maximum absolute atomic E-state index is 12.1. The van der Waals surface area contributed by atoms with Crippen molar-refractivity contribution in [1.29, 1.82) is 0 Å². The summed E-state index contributed by atoms with van der Waals surface area (Å²) in [5, 5.41) is 12.3. The molecule has 0 aliphatic rings. The molecule has 0 radical (unpaired) electrons. The lowest BCUT2D eigenvalue weighted by Gasteiger charge is -2.20. The van der Waals surface area contributed by atoms with Crippen LogP contribution in [0.5, 0.6) is 0 Å². The Morgan fingerprint density at radius 1 is 0.875 bits per heavy atom. The van der Waals surface area contributed by atoms with Crippen LogP contribution in [0.25, 0.3) is 0 Å². The van der Waals surface area contributed by atoms with Gasteiger partial charge in [0.15, 0.2) is 12.2 Å². The van der Waals surface area contributed by atoms with Crippen LogP contribution in [0.1, 0.15) is 33.6 Å². The smallest absolute Gasteiger partial charge is 0.347 e. The highest BCUT2D eigenvalue weighted by molar-refractivity contribution is 6.09. The van der Waals surface area contributed by atoms with Crippen LogP contribution in [0.4, 0.5) is 0 Å². The zero-order valence-corrected chi connectivity index (χ0v) is 21.1. The van der Waals surface area contributed by atoms with Gasteiger partial charge in [-0.2, -0.15) is 0 Å². The second-order valence-electron chi connectivity index (χ2n) is 6.85. The molecule has 4 atom stereocenters. The molecule has 0 bridgehead atoms. The molecule has 0 aromatic carbocycles. The maximum atomic E-state index is 12.1. The van der Waals surface area contributed by atoms with E-state index >= 15 is 0 Å². The number of amides is 1. The van der Waals surface area contributed by atoms with E-state index in [1.807, 2.05) is 0 Å². The number of hydrogen-bond acceptors (Lipinski definition) is 11. The molecule has 0 saturated heterocycles. The van der Waals surface area contributed by atoms with E-state index in [0.717, 1.165) is 0 Å². The van der Waals surface area contributed by atoms with Crippen molar-refractivity contribution in [1.82, 2.24) is 5.32 Å². The van der Waals surface area contributed by atoms with Crippen LogP contribution in [-0.2, 0) is 47.7 Å². The number of rotatable bonds is 15. The van der Waals surface area contributed by atoms with Crippen molar-refractivity contribution in [3.63, 3.8) is 0 Å². The molecule has 12 nitrogen and oxygen atoms in total. The largest absolute Gasteiger partial charge is 0.463 e. The van der Waals surface area contributed by atoms with Gasteiger partial charge in [-0.3, -0.25) is 9.59 Å². The molecule has 0 spiro atoms. The van der Waals surface area contributed by atoms with Crippen molar-refractivity contribution in [2.75, 3.05) is 26.9 Å². The predicted octanol–water partition coefficient (Wildman–Crippen LogP) is -1.72. The van der Waals surface area contributed by atoms with Gasteiger partial charge in [-0.05, 0) is 20.8 Å². The van der Waals surface area contributed by atoms with E-state index in [0.29, 0.717) is 21.6 Å². The van der Waals surface area contributed by atoms with Gasteiger partial charge in [0.1, 0.15) is 19.3 Å². The second kappa shape index (κ2) is 16.4. The Kier molecular flexibility index (Phi) is 15.3. The minimum atomic E-state index is -1.40. The highest BCUT2D eigenvalue weighted by atomic mass is 27.0. The van der Waals surface area contributed by atoms with E-state index in [1.54, 1.807) is 0 Å². The van der Waals surface area contributed by atoms with Crippen molar-refractivity contribution < 1.29 is 52.8 Å². The molecule has 13 heteroatoms. The average Bonchev–Trinajstić information content (AvgIpc) is 2.74. The van der Waals surface area contributed by atoms with Crippen molar-refractivity contribution in [3.8, 4) is 0 Å². The molecular formula is C19H32AlNO11. The van der Waals surface area contributed by atoms with Crippen molar-refractivity contribution >= 4 is 46.1 Å². The lowest BCUT2D eigenvalue weighted by molar-refractivity contribution is -0.179. The van der Waals surface area contributed by atoms with Gasteiger partial charge in [0.2, 0.25) is 22.2 Å². The molecule has 182 valence electrons. The van der Waals surface area contributed by atoms with Gasteiger partial charge in [0.05, 0.1) is 19.1 Å². The third-order valence-corrected chi connectivity index (χ3v) is 4.97. The molecule has 0 heterocycles. The minimum absolute atomic E-state index is 0.0745. The Morgan fingerprint density at radius 2 is 1.47 bits per heavy atom. The van der Waals surface area contributed by atoms with Crippen LogP contribution in [0, 0.1) is 0 Å². The van der Waals surface area contributed by atoms with Crippen LogP contribution in [0.3, 0.4) is 0 Å². The van der Waals surface area contributed by atoms with Crippen LogP contribution < -0.4 is 5.32 Å². The average molecular weight is 477 g/mol. The van der Waals surface area contributed by atoms with E-state index in [9.17, 15) is 24.0 Å². The summed E-state index contributed by atoms with van der Waals surface area (Å²) < 4.78 is 24.3. The van der Waals surface area contributed by atoms with Crippen LogP contribution in [0.15, 0.2) is 0 Å². The Bertz CT molecular complexity index is 641. The third-order valence-electron chi connectivity index (χ3n) is 3.98. The third kappa shape index (κ3) is 13.3. The van der Waals surface area contributed by atoms with Gasteiger partial charge in [-0.15, -0.1) is 0 Å². The van der Waals surface area contributed by atoms with E-state index < -0.39 is 48.2 Å². The zero-order chi connectivity index (χ0) is 24.7. The molecule has 0 saturated carbocycles. The van der Waals surface area contributed by atoms with E-state index in [2.05, 4.69) is 10.1 Å². The first-order valence-electron chi connectivity index (χ1n) is 10.2. The molecule has 4 unspecified atom stereocenters. The van der Waals surface area contributed by atoms with E-state index in [4.69, 9.17) is 24.1 Å². The lowest BCUT2D eigenvalue weighted by atomic mass is 10.2.